The first-order valence-corrected chi connectivity index (χ1v) is 8.67. The molecule has 3 saturated heterocycles. The van der Waals surface area contributed by atoms with Gasteiger partial charge in [0, 0.05) is 71.0 Å². The smallest absolute Gasteiger partial charge is 0.193 e. The molecule has 0 saturated carbocycles. The maximum atomic E-state index is 6.26. The molecule has 7 heteroatoms. The maximum absolute atomic E-state index is 6.26. The van der Waals surface area contributed by atoms with Crippen LogP contribution in [0.3, 0.4) is 0 Å². The number of aliphatic imine (C=N–C) groups is 1. The van der Waals surface area contributed by atoms with Gasteiger partial charge in [-0.2, -0.15) is 0 Å². The lowest BCUT2D eigenvalue weighted by molar-refractivity contribution is 0.0152. The number of piperazine rings is 3. The fraction of sp³-hybridized carbons (Fsp3) is 0.588. The van der Waals surface area contributed by atoms with E-state index in [1.54, 1.807) is 0 Å². The van der Waals surface area contributed by atoms with Crippen molar-refractivity contribution in [2.75, 3.05) is 53.4 Å². The molecule has 1 aromatic rings. The van der Waals surface area contributed by atoms with Gasteiger partial charge in [-0.3, -0.25) is 14.8 Å². The van der Waals surface area contributed by atoms with E-state index >= 15 is 0 Å². The van der Waals surface area contributed by atoms with Gasteiger partial charge in [-0.15, -0.1) is 24.0 Å². The standard InChI is InChI=1S/C17H26ClN5.HI/c1-19-17(21(2)12-14-5-3-4-6-16(14)18)20-11-15-13-22-7-9-23(15)10-8-22;/h3-6,15H,7-13H2,1-2H3,(H,19,20);1H. The van der Waals surface area contributed by atoms with Gasteiger partial charge < -0.3 is 10.2 Å². The number of fused-ring (bicyclic) bond motifs is 3. The number of nitrogens with zero attached hydrogens (tertiary/aromatic N) is 4. The number of hydrogen-bond acceptors (Lipinski definition) is 3. The summed E-state index contributed by atoms with van der Waals surface area (Å²) in [6.07, 6.45) is 0. The van der Waals surface area contributed by atoms with Crippen LogP contribution < -0.4 is 5.32 Å². The summed E-state index contributed by atoms with van der Waals surface area (Å²) in [5, 5.41) is 4.33. The Labute approximate surface area is 167 Å². The van der Waals surface area contributed by atoms with Crippen molar-refractivity contribution < 1.29 is 0 Å². The summed E-state index contributed by atoms with van der Waals surface area (Å²) in [6, 6.07) is 8.56. The lowest BCUT2D eigenvalue weighted by Gasteiger charge is -2.47. The summed E-state index contributed by atoms with van der Waals surface area (Å²) in [5.41, 5.74) is 1.12. The first kappa shape index (κ1) is 19.8. The average molecular weight is 464 g/mol. The van der Waals surface area contributed by atoms with Crippen molar-refractivity contribution >= 4 is 41.5 Å². The van der Waals surface area contributed by atoms with Crippen molar-refractivity contribution in [1.82, 2.24) is 20.0 Å². The second-order valence-electron chi connectivity index (χ2n) is 6.37. The highest BCUT2D eigenvalue weighted by Gasteiger charge is 2.31. The van der Waals surface area contributed by atoms with Crippen molar-refractivity contribution in [1.29, 1.82) is 0 Å². The van der Waals surface area contributed by atoms with Crippen molar-refractivity contribution in [3.05, 3.63) is 34.9 Å². The fourth-order valence-corrected chi connectivity index (χ4v) is 3.66. The molecule has 0 amide bonds. The Balaban J connectivity index is 0.00000208. The van der Waals surface area contributed by atoms with Crippen molar-refractivity contribution in [3.8, 4) is 0 Å². The molecule has 2 bridgehead atoms. The molecule has 0 spiro atoms. The molecule has 0 aromatic heterocycles. The van der Waals surface area contributed by atoms with Crippen LogP contribution in [0.5, 0.6) is 0 Å². The minimum absolute atomic E-state index is 0. The van der Waals surface area contributed by atoms with Crippen LogP contribution in [0.4, 0.5) is 0 Å². The van der Waals surface area contributed by atoms with Crippen molar-refractivity contribution in [3.63, 3.8) is 0 Å². The zero-order valence-electron chi connectivity index (χ0n) is 14.4. The largest absolute Gasteiger partial charge is 0.355 e. The fourth-order valence-electron chi connectivity index (χ4n) is 3.47. The summed E-state index contributed by atoms with van der Waals surface area (Å²) < 4.78 is 0. The van der Waals surface area contributed by atoms with E-state index in [1.165, 1.54) is 26.2 Å². The predicted molar refractivity (Wildman–Crippen MR) is 111 cm³/mol. The molecule has 3 aliphatic heterocycles. The highest BCUT2D eigenvalue weighted by atomic mass is 127. The molecular weight excluding hydrogens is 437 g/mol. The van der Waals surface area contributed by atoms with Gasteiger partial charge in [0.15, 0.2) is 5.96 Å². The average Bonchev–Trinajstić information content (AvgIpc) is 2.58. The van der Waals surface area contributed by atoms with Crippen LogP contribution in [0.25, 0.3) is 0 Å². The third-order valence-corrected chi connectivity index (χ3v) is 5.20. The second kappa shape index (κ2) is 9.22. The normalized spacial score (nSPS) is 26.0. The molecule has 134 valence electrons. The molecule has 0 radical (unpaired) electrons. The SMILES string of the molecule is CN=C(NCC1CN2CCN1CC2)N(C)Cc1ccccc1Cl.I. The predicted octanol–water partition coefficient (Wildman–Crippen LogP) is 1.97. The molecule has 0 aliphatic carbocycles. The molecule has 3 aliphatic rings. The monoisotopic (exact) mass is 463 g/mol. The zero-order valence-corrected chi connectivity index (χ0v) is 17.5. The van der Waals surface area contributed by atoms with E-state index in [0.29, 0.717) is 6.04 Å². The van der Waals surface area contributed by atoms with Crippen LogP contribution in [-0.2, 0) is 6.54 Å². The lowest BCUT2D eigenvalue weighted by Crippen LogP contribution is -2.63. The summed E-state index contributed by atoms with van der Waals surface area (Å²) in [7, 11) is 3.89. The summed E-state index contributed by atoms with van der Waals surface area (Å²) in [4.78, 5) is 11.7. The molecule has 1 aromatic carbocycles. The first-order valence-electron chi connectivity index (χ1n) is 8.29. The van der Waals surface area contributed by atoms with Gasteiger partial charge in [-0.05, 0) is 11.6 Å². The highest BCUT2D eigenvalue weighted by Crippen LogP contribution is 2.17. The van der Waals surface area contributed by atoms with Crippen LogP contribution in [0.15, 0.2) is 29.3 Å². The Bertz CT molecular complexity index is 560. The highest BCUT2D eigenvalue weighted by molar-refractivity contribution is 14.0. The van der Waals surface area contributed by atoms with Crippen LogP contribution in [0.1, 0.15) is 5.56 Å². The molecule has 1 N–H and O–H groups in total. The van der Waals surface area contributed by atoms with Crippen LogP contribution >= 0.6 is 35.6 Å². The minimum atomic E-state index is 0. The number of hydrogen-bond donors (Lipinski definition) is 1. The van der Waals surface area contributed by atoms with Gasteiger partial charge in [-0.25, -0.2) is 0 Å². The van der Waals surface area contributed by atoms with E-state index in [0.717, 1.165) is 36.2 Å². The van der Waals surface area contributed by atoms with Crippen LogP contribution in [0.2, 0.25) is 5.02 Å². The van der Waals surface area contributed by atoms with E-state index in [4.69, 9.17) is 11.6 Å². The number of benzene rings is 1. The van der Waals surface area contributed by atoms with E-state index in [1.807, 2.05) is 25.2 Å². The maximum Gasteiger partial charge on any atom is 0.193 e. The Hall–Kier alpha value is -0.570. The topological polar surface area (TPSA) is 34.1 Å². The van der Waals surface area contributed by atoms with Gasteiger partial charge >= 0.3 is 0 Å². The van der Waals surface area contributed by atoms with E-state index in [2.05, 4.69) is 38.1 Å². The van der Waals surface area contributed by atoms with E-state index < -0.39 is 0 Å². The number of guanidine groups is 1. The van der Waals surface area contributed by atoms with Crippen molar-refractivity contribution in [2.24, 2.45) is 4.99 Å². The van der Waals surface area contributed by atoms with Gasteiger partial charge in [0.1, 0.15) is 0 Å². The zero-order chi connectivity index (χ0) is 16.2. The Kier molecular flexibility index (Phi) is 7.59. The Morgan fingerprint density at radius 2 is 2.00 bits per heavy atom. The molecular formula is C17H27ClIN5. The minimum Gasteiger partial charge on any atom is -0.355 e. The quantitative estimate of drug-likeness (QED) is 0.421. The van der Waals surface area contributed by atoms with Gasteiger partial charge in [0.05, 0.1) is 0 Å². The Morgan fingerprint density at radius 3 is 2.58 bits per heavy atom. The van der Waals surface area contributed by atoms with E-state index in [-0.39, 0.29) is 24.0 Å². The van der Waals surface area contributed by atoms with Gasteiger partial charge in [-0.1, -0.05) is 29.8 Å². The van der Waals surface area contributed by atoms with E-state index in [9.17, 15) is 0 Å². The molecule has 1 atom stereocenters. The second-order valence-corrected chi connectivity index (χ2v) is 6.77. The first-order chi connectivity index (χ1) is 11.2. The van der Waals surface area contributed by atoms with Crippen LogP contribution in [-0.4, -0.2) is 80.1 Å². The summed E-state index contributed by atoms with van der Waals surface area (Å²) in [5.74, 6) is 0.919. The molecule has 3 heterocycles. The third kappa shape index (κ3) is 4.74. The molecule has 3 fully saturated rings. The molecule has 4 rings (SSSR count). The van der Waals surface area contributed by atoms with Gasteiger partial charge in [0.25, 0.3) is 0 Å². The molecule has 5 nitrogen and oxygen atoms in total. The number of rotatable bonds is 4. The van der Waals surface area contributed by atoms with Crippen molar-refractivity contribution in [2.45, 2.75) is 12.6 Å². The molecule has 1 unspecified atom stereocenters. The molecule has 24 heavy (non-hydrogen) atoms. The number of halogens is 2. The summed E-state index contributed by atoms with van der Waals surface area (Å²) >= 11 is 6.26. The third-order valence-electron chi connectivity index (χ3n) is 4.83. The lowest BCUT2D eigenvalue weighted by atomic mass is 10.1. The van der Waals surface area contributed by atoms with Crippen LogP contribution in [0, 0.1) is 0 Å². The number of nitrogens with one attached hydrogen (secondary N) is 1. The Morgan fingerprint density at radius 1 is 1.29 bits per heavy atom. The van der Waals surface area contributed by atoms with Gasteiger partial charge in [0.2, 0.25) is 0 Å². The summed E-state index contributed by atoms with van der Waals surface area (Å²) in [6.45, 7) is 7.68.